The summed E-state index contributed by atoms with van der Waals surface area (Å²) in [5, 5.41) is 2.89. The summed E-state index contributed by atoms with van der Waals surface area (Å²) < 4.78 is 9.91. The van der Waals surface area contributed by atoms with E-state index in [4.69, 9.17) is 14.3 Å². The topological polar surface area (TPSA) is 94.2 Å². The van der Waals surface area contributed by atoms with Crippen LogP contribution in [-0.4, -0.2) is 42.4 Å². The number of unbranched alkanes of at least 4 members (excludes halogenated alkanes) is 1. The van der Waals surface area contributed by atoms with E-state index < -0.39 is 24.1 Å². The minimum atomic E-state index is -0.980. The number of nitrogens with one attached hydrogen (secondary N) is 1. The van der Waals surface area contributed by atoms with Crippen molar-refractivity contribution in [2.45, 2.75) is 32.4 Å². The average Bonchev–Trinajstić information content (AvgIpc) is 2.95. The minimum Gasteiger partial charge on any atom is -0.448 e. The predicted molar refractivity (Wildman–Crippen MR) is 82.6 cm³/mol. The molecule has 8 heteroatoms. The van der Waals surface area contributed by atoms with Crippen LogP contribution in [0.4, 0.5) is 9.59 Å². The SMILES string of the molecule is CCCCOC(=O)N1OC[C@@H](NC(=O)OCc2ccccc2)C1=O. The average molecular weight is 336 g/mol. The molecule has 1 aliphatic rings. The Morgan fingerprint density at radius 2 is 2.04 bits per heavy atom. The fourth-order valence-corrected chi connectivity index (χ4v) is 1.94. The van der Waals surface area contributed by atoms with E-state index in [0.717, 1.165) is 12.0 Å². The van der Waals surface area contributed by atoms with Crippen molar-refractivity contribution in [3.8, 4) is 0 Å². The number of hydrogen-bond donors (Lipinski definition) is 1. The predicted octanol–water partition coefficient (Wildman–Crippen LogP) is 1.99. The lowest BCUT2D eigenvalue weighted by Gasteiger charge is -2.13. The molecule has 0 saturated carbocycles. The molecule has 3 amide bonds. The van der Waals surface area contributed by atoms with Gasteiger partial charge in [-0.15, -0.1) is 5.06 Å². The van der Waals surface area contributed by atoms with Crippen LogP contribution >= 0.6 is 0 Å². The first-order valence-electron chi connectivity index (χ1n) is 7.72. The summed E-state index contributed by atoms with van der Waals surface area (Å²) in [7, 11) is 0. The molecule has 1 N–H and O–H groups in total. The van der Waals surface area contributed by atoms with E-state index in [-0.39, 0.29) is 19.8 Å². The Balaban J connectivity index is 1.76. The molecule has 1 aromatic rings. The van der Waals surface area contributed by atoms with Gasteiger partial charge in [-0.2, -0.15) is 0 Å². The van der Waals surface area contributed by atoms with Gasteiger partial charge in [-0.05, 0) is 12.0 Å². The van der Waals surface area contributed by atoms with E-state index in [9.17, 15) is 14.4 Å². The summed E-state index contributed by atoms with van der Waals surface area (Å²) in [5.74, 6) is -0.687. The monoisotopic (exact) mass is 336 g/mol. The normalized spacial score (nSPS) is 16.8. The maximum Gasteiger partial charge on any atom is 0.441 e. The van der Waals surface area contributed by atoms with Gasteiger partial charge in [0, 0.05) is 0 Å². The van der Waals surface area contributed by atoms with Crippen molar-refractivity contribution in [2.75, 3.05) is 13.2 Å². The zero-order valence-electron chi connectivity index (χ0n) is 13.4. The smallest absolute Gasteiger partial charge is 0.441 e. The highest BCUT2D eigenvalue weighted by molar-refractivity contribution is 5.96. The molecule has 0 unspecified atom stereocenters. The van der Waals surface area contributed by atoms with Crippen LogP contribution in [0.25, 0.3) is 0 Å². The summed E-state index contributed by atoms with van der Waals surface area (Å²) >= 11 is 0. The summed E-state index contributed by atoms with van der Waals surface area (Å²) in [5.41, 5.74) is 0.822. The van der Waals surface area contributed by atoms with Gasteiger partial charge < -0.3 is 14.8 Å². The highest BCUT2D eigenvalue weighted by atomic mass is 16.7. The number of benzene rings is 1. The van der Waals surface area contributed by atoms with Crippen LogP contribution in [0, 0.1) is 0 Å². The van der Waals surface area contributed by atoms with Crippen molar-refractivity contribution >= 4 is 18.1 Å². The van der Waals surface area contributed by atoms with Gasteiger partial charge in [0.2, 0.25) is 0 Å². The van der Waals surface area contributed by atoms with Gasteiger partial charge in [-0.25, -0.2) is 9.59 Å². The third kappa shape index (κ3) is 4.95. The molecule has 0 radical (unpaired) electrons. The Kier molecular flexibility index (Phi) is 6.56. The molecule has 2 rings (SSSR count). The summed E-state index contributed by atoms with van der Waals surface area (Å²) in [6.07, 6.45) is -0.0850. The van der Waals surface area contributed by atoms with Gasteiger partial charge in [-0.1, -0.05) is 43.7 Å². The largest absolute Gasteiger partial charge is 0.448 e. The molecular weight excluding hydrogens is 316 g/mol. The number of carbonyl (C=O) groups is 3. The number of ether oxygens (including phenoxy) is 2. The summed E-state index contributed by atoms with van der Waals surface area (Å²) in [4.78, 5) is 40.4. The van der Waals surface area contributed by atoms with Crippen molar-refractivity contribution in [3.63, 3.8) is 0 Å². The van der Waals surface area contributed by atoms with Crippen molar-refractivity contribution < 1.29 is 28.7 Å². The molecule has 0 aromatic heterocycles. The number of carbonyl (C=O) groups excluding carboxylic acids is 3. The molecule has 1 saturated heterocycles. The minimum absolute atomic E-state index is 0.0806. The van der Waals surface area contributed by atoms with Crippen LogP contribution in [0.3, 0.4) is 0 Å². The molecule has 130 valence electrons. The maximum atomic E-state index is 12.0. The zero-order chi connectivity index (χ0) is 17.4. The second kappa shape index (κ2) is 8.88. The fraction of sp³-hybridized carbons (Fsp3) is 0.438. The van der Waals surface area contributed by atoms with Crippen LogP contribution in [0.1, 0.15) is 25.3 Å². The van der Waals surface area contributed by atoms with E-state index in [1.165, 1.54) is 0 Å². The van der Waals surface area contributed by atoms with Gasteiger partial charge in [0.25, 0.3) is 5.91 Å². The Morgan fingerprint density at radius 1 is 1.29 bits per heavy atom. The van der Waals surface area contributed by atoms with Crippen molar-refractivity contribution in [1.82, 2.24) is 10.4 Å². The summed E-state index contributed by atoms with van der Waals surface area (Å²) in [6.45, 7) is 2.09. The lowest BCUT2D eigenvalue weighted by Crippen LogP contribution is -2.44. The fourth-order valence-electron chi connectivity index (χ4n) is 1.94. The molecule has 1 fully saturated rings. The van der Waals surface area contributed by atoms with Crippen LogP contribution in [0.2, 0.25) is 0 Å². The number of amides is 3. The van der Waals surface area contributed by atoms with Gasteiger partial charge in [-0.3, -0.25) is 9.63 Å². The Morgan fingerprint density at radius 3 is 2.75 bits per heavy atom. The molecular formula is C16H20N2O6. The zero-order valence-corrected chi connectivity index (χ0v) is 13.4. The molecule has 0 aliphatic carbocycles. The van der Waals surface area contributed by atoms with E-state index in [1.807, 2.05) is 37.3 Å². The van der Waals surface area contributed by atoms with Gasteiger partial charge in [0.15, 0.2) is 0 Å². The van der Waals surface area contributed by atoms with Gasteiger partial charge in [0.1, 0.15) is 19.3 Å². The van der Waals surface area contributed by atoms with Gasteiger partial charge >= 0.3 is 12.2 Å². The number of imide groups is 1. The third-order valence-electron chi connectivity index (χ3n) is 3.26. The molecule has 24 heavy (non-hydrogen) atoms. The highest BCUT2D eigenvalue weighted by Crippen LogP contribution is 2.11. The Hall–Kier alpha value is -2.61. The second-order valence-corrected chi connectivity index (χ2v) is 5.15. The van der Waals surface area contributed by atoms with E-state index in [2.05, 4.69) is 5.32 Å². The summed E-state index contributed by atoms with van der Waals surface area (Å²) in [6, 6.07) is 8.15. The van der Waals surface area contributed by atoms with Crippen molar-refractivity contribution in [1.29, 1.82) is 0 Å². The molecule has 8 nitrogen and oxygen atoms in total. The van der Waals surface area contributed by atoms with Gasteiger partial charge in [0.05, 0.1) is 6.61 Å². The number of nitrogens with zero attached hydrogens (tertiary/aromatic N) is 1. The molecule has 1 heterocycles. The first-order valence-corrected chi connectivity index (χ1v) is 7.72. The van der Waals surface area contributed by atoms with Crippen LogP contribution in [0.5, 0.6) is 0 Å². The van der Waals surface area contributed by atoms with E-state index in [0.29, 0.717) is 11.5 Å². The highest BCUT2D eigenvalue weighted by Gasteiger charge is 2.39. The molecule has 0 bridgehead atoms. The van der Waals surface area contributed by atoms with Crippen molar-refractivity contribution in [3.05, 3.63) is 35.9 Å². The van der Waals surface area contributed by atoms with E-state index >= 15 is 0 Å². The number of rotatable bonds is 6. The van der Waals surface area contributed by atoms with Crippen LogP contribution < -0.4 is 5.32 Å². The van der Waals surface area contributed by atoms with Crippen LogP contribution in [0.15, 0.2) is 30.3 Å². The number of alkyl carbamates (subject to hydrolysis) is 1. The lowest BCUT2D eigenvalue weighted by molar-refractivity contribution is -0.152. The first-order chi connectivity index (χ1) is 11.6. The molecule has 1 atom stereocenters. The third-order valence-corrected chi connectivity index (χ3v) is 3.26. The standard InChI is InChI=1S/C16H20N2O6/c1-2-3-9-22-16(21)18-14(19)13(11-24-18)17-15(20)23-10-12-7-5-4-6-8-12/h4-8,13H,2-3,9-11H2,1H3,(H,17,20)/t13-/m1/s1. The maximum absolute atomic E-state index is 12.0. The first kappa shape index (κ1) is 17.7. The number of hydroxylamine groups is 2. The lowest BCUT2D eigenvalue weighted by atomic mass is 10.2. The molecule has 0 spiro atoms. The van der Waals surface area contributed by atoms with Crippen molar-refractivity contribution in [2.24, 2.45) is 0 Å². The van der Waals surface area contributed by atoms with E-state index in [1.54, 1.807) is 0 Å². The quantitative estimate of drug-likeness (QED) is 0.799. The second-order valence-electron chi connectivity index (χ2n) is 5.15. The number of hydrogen-bond acceptors (Lipinski definition) is 6. The molecule has 1 aliphatic heterocycles. The Labute approximate surface area is 139 Å². The molecule has 1 aromatic carbocycles. The Bertz CT molecular complexity index is 577. The van der Waals surface area contributed by atoms with Crippen LogP contribution in [-0.2, 0) is 25.7 Å².